The SMILES string of the molecule is Cc1ccc(CN2Cc3[nH]cnc3C[C@H]2c2nc(-c3ccc4ccccc4c3)no2)cc1. The lowest BCUT2D eigenvalue weighted by atomic mass is 10.0. The normalized spacial score (nSPS) is 16.3. The maximum absolute atomic E-state index is 5.81. The van der Waals surface area contributed by atoms with Gasteiger partial charge in [0, 0.05) is 25.1 Å². The minimum absolute atomic E-state index is 0.0196. The minimum atomic E-state index is -0.0196. The summed E-state index contributed by atoms with van der Waals surface area (Å²) < 4.78 is 5.81. The number of benzene rings is 3. The zero-order chi connectivity index (χ0) is 21.5. The fourth-order valence-electron chi connectivity index (χ4n) is 4.44. The molecule has 1 aliphatic rings. The Labute approximate surface area is 185 Å². The summed E-state index contributed by atoms with van der Waals surface area (Å²) in [6, 6.07) is 23.2. The molecule has 1 aliphatic heterocycles. The highest BCUT2D eigenvalue weighted by Gasteiger charge is 2.33. The van der Waals surface area contributed by atoms with Crippen molar-refractivity contribution in [2.45, 2.75) is 32.5 Å². The first kappa shape index (κ1) is 19.0. The van der Waals surface area contributed by atoms with Gasteiger partial charge in [-0.2, -0.15) is 4.98 Å². The number of nitrogens with zero attached hydrogens (tertiary/aromatic N) is 4. The lowest BCUT2D eigenvalue weighted by Gasteiger charge is -2.32. The molecule has 0 bridgehead atoms. The highest BCUT2D eigenvalue weighted by atomic mass is 16.5. The lowest BCUT2D eigenvalue weighted by molar-refractivity contribution is 0.128. The summed E-state index contributed by atoms with van der Waals surface area (Å²) in [6.07, 6.45) is 2.51. The van der Waals surface area contributed by atoms with Crippen LogP contribution in [0, 0.1) is 6.92 Å². The van der Waals surface area contributed by atoms with Crippen LogP contribution >= 0.6 is 0 Å². The topological polar surface area (TPSA) is 70.8 Å². The predicted octanol–water partition coefficient (Wildman–Crippen LogP) is 5.22. The summed E-state index contributed by atoms with van der Waals surface area (Å²) in [5, 5.41) is 6.68. The molecule has 6 rings (SSSR count). The van der Waals surface area contributed by atoms with Crippen LogP contribution in [0.25, 0.3) is 22.2 Å². The predicted molar refractivity (Wildman–Crippen MR) is 123 cm³/mol. The van der Waals surface area contributed by atoms with E-state index in [1.165, 1.54) is 16.5 Å². The maximum atomic E-state index is 5.81. The van der Waals surface area contributed by atoms with Gasteiger partial charge in [0.15, 0.2) is 0 Å². The van der Waals surface area contributed by atoms with Crippen LogP contribution in [0.2, 0.25) is 0 Å². The number of H-pyrrole nitrogens is 1. The third-order valence-electron chi connectivity index (χ3n) is 6.24. The zero-order valence-corrected chi connectivity index (χ0v) is 17.8. The first-order chi connectivity index (χ1) is 15.7. The molecular weight excluding hydrogens is 398 g/mol. The van der Waals surface area contributed by atoms with E-state index in [2.05, 4.69) is 75.5 Å². The van der Waals surface area contributed by atoms with E-state index in [-0.39, 0.29) is 6.04 Å². The van der Waals surface area contributed by atoms with E-state index in [1.54, 1.807) is 6.33 Å². The molecule has 1 atom stereocenters. The van der Waals surface area contributed by atoms with Crippen molar-refractivity contribution in [3.8, 4) is 11.4 Å². The molecule has 6 nitrogen and oxygen atoms in total. The van der Waals surface area contributed by atoms with E-state index in [4.69, 9.17) is 9.51 Å². The van der Waals surface area contributed by atoms with Crippen LogP contribution in [0.4, 0.5) is 0 Å². The highest BCUT2D eigenvalue weighted by Crippen LogP contribution is 2.33. The average molecular weight is 422 g/mol. The molecule has 1 N–H and O–H groups in total. The third kappa shape index (κ3) is 3.48. The molecule has 6 heteroatoms. The number of aryl methyl sites for hydroxylation is 1. The number of fused-ring (bicyclic) bond motifs is 2. The van der Waals surface area contributed by atoms with Crippen molar-refractivity contribution in [1.29, 1.82) is 0 Å². The van der Waals surface area contributed by atoms with E-state index in [9.17, 15) is 0 Å². The van der Waals surface area contributed by atoms with Crippen LogP contribution in [-0.2, 0) is 19.5 Å². The van der Waals surface area contributed by atoms with Crippen LogP contribution in [-0.4, -0.2) is 25.0 Å². The van der Waals surface area contributed by atoms with Gasteiger partial charge in [-0.1, -0.05) is 71.4 Å². The molecule has 5 aromatic rings. The summed E-state index contributed by atoms with van der Waals surface area (Å²) >= 11 is 0. The molecule has 3 heterocycles. The number of aromatic amines is 1. The largest absolute Gasteiger partial charge is 0.347 e. The van der Waals surface area contributed by atoms with Crippen molar-refractivity contribution in [2.75, 3.05) is 0 Å². The Morgan fingerprint density at radius 1 is 1.03 bits per heavy atom. The van der Waals surface area contributed by atoms with Gasteiger partial charge in [-0.3, -0.25) is 4.90 Å². The average Bonchev–Trinajstić information content (AvgIpc) is 3.49. The molecule has 158 valence electrons. The highest BCUT2D eigenvalue weighted by molar-refractivity contribution is 5.86. The van der Waals surface area contributed by atoms with Gasteiger partial charge in [0.25, 0.3) is 0 Å². The van der Waals surface area contributed by atoms with Gasteiger partial charge in [0.05, 0.1) is 23.8 Å². The Bertz CT molecular complexity index is 1380. The van der Waals surface area contributed by atoms with Gasteiger partial charge < -0.3 is 9.51 Å². The third-order valence-corrected chi connectivity index (χ3v) is 6.24. The Hall–Kier alpha value is -3.77. The second-order valence-corrected chi connectivity index (χ2v) is 8.46. The summed E-state index contributed by atoms with van der Waals surface area (Å²) in [5.41, 5.74) is 5.71. The van der Waals surface area contributed by atoms with E-state index in [0.29, 0.717) is 11.7 Å². The second kappa shape index (κ2) is 7.73. The van der Waals surface area contributed by atoms with E-state index < -0.39 is 0 Å². The van der Waals surface area contributed by atoms with Crippen molar-refractivity contribution < 1.29 is 4.52 Å². The summed E-state index contributed by atoms with van der Waals surface area (Å²) in [4.78, 5) is 15.0. The number of hydrogen-bond donors (Lipinski definition) is 1. The Balaban J connectivity index is 1.33. The smallest absolute Gasteiger partial charge is 0.244 e. The number of aromatic nitrogens is 4. The summed E-state index contributed by atoms with van der Waals surface area (Å²) in [5.74, 6) is 1.25. The fourth-order valence-corrected chi connectivity index (χ4v) is 4.44. The first-order valence-electron chi connectivity index (χ1n) is 10.9. The number of nitrogens with one attached hydrogen (secondary N) is 1. The van der Waals surface area contributed by atoms with Crippen molar-refractivity contribution in [3.63, 3.8) is 0 Å². The van der Waals surface area contributed by atoms with Crippen LogP contribution < -0.4 is 0 Å². The van der Waals surface area contributed by atoms with E-state index >= 15 is 0 Å². The number of rotatable bonds is 4. The summed E-state index contributed by atoms with van der Waals surface area (Å²) in [7, 11) is 0. The Kier molecular flexibility index (Phi) is 4.58. The second-order valence-electron chi connectivity index (χ2n) is 8.46. The van der Waals surface area contributed by atoms with Crippen LogP contribution in [0.1, 0.15) is 34.4 Å². The van der Waals surface area contributed by atoms with Gasteiger partial charge in [0.1, 0.15) is 0 Å². The number of imidazole rings is 1. The molecule has 0 saturated heterocycles. The minimum Gasteiger partial charge on any atom is -0.347 e. The monoisotopic (exact) mass is 421 g/mol. The Morgan fingerprint density at radius 2 is 1.88 bits per heavy atom. The van der Waals surface area contributed by atoms with Crippen LogP contribution in [0.5, 0.6) is 0 Å². The molecule has 2 aromatic heterocycles. The van der Waals surface area contributed by atoms with Crippen molar-refractivity contribution in [3.05, 3.63) is 101 Å². The molecule has 3 aromatic carbocycles. The van der Waals surface area contributed by atoms with Gasteiger partial charge in [-0.15, -0.1) is 0 Å². The Morgan fingerprint density at radius 3 is 2.75 bits per heavy atom. The number of hydrogen-bond acceptors (Lipinski definition) is 5. The van der Waals surface area contributed by atoms with Gasteiger partial charge in [-0.25, -0.2) is 4.98 Å². The molecule has 0 amide bonds. The van der Waals surface area contributed by atoms with Gasteiger partial charge in [-0.05, 0) is 29.3 Å². The van der Waals surface area contributed by atoms with Crippen molar-refractivity contribution >= 4 is 10.8 Å². The van der Waals surface area contributed by atoms with Gasteiger partial charge in [0.2, 0.25) is 11.7 Å². The standard InChI is InChI=1S/C26H23N5O/c1-17-6-8-18(9-7-17)14-31-15-23-22(27-16-28-23)13-24(31)26-29-25(30-32-26)21-11-10-19-4-2-3-5-20(19)12-21/h2-12,16,24H,13-15H2,1H3,(H,27,28)/t24-/m0/s1. The zero-order valence-electron chi connectivity index (χ0n) is 17.8. The van der Waals surface area contributed by atoms with Crippen molar-refractivity contribution in [2.24, 2.45) is 0 Å². The fraction of sp³-hybridized carbons (Fsp3) is 0.192. The molecular formula is C26H23N5O. The van der Waals surface area contributed by atoms with E-state index in [0.717, 1.165) is 41.8 Å². The molecule has 0 spiro atoms. The maximum Gasteiger partial charge on any atom is 0.244 e. The summed E-state index contributed by atoms with van der Waals surface area (Å²) in [6.45, 7) is 3.68. The molecule has 0 saturated carbocycles. The van der Waals surface area contributed by atoms with Crippen LogP contribution in [0.3, 0.4) is 0 Å². The van der Waals surface area contributed by atoms with E-state index in [1.807, 2.05) is 18.2 Å². The molecule has 0 unspecified atom stereocenters. The lowest BCUT2D eigenvalue weighted by Crippen LogP contribution is -2.34. The molecule has 0 radical (unpaired) electrons. The molecule has 32 heavy (non-hydrogen) atoms. The van der Waals surface area contributed by atoms with Crippen molar-refractivity contribution in [1.82, 2.24) is 25.0 Å². The molecule has 0 fully saturated rings. The quantitative estimate of drug-likeness (QED) is 0.431. The molecule has 0 aliphatic carbocycles. The first-order valence-corrected chi connectivity index (χ1v) is 10.9. The van der Waals surface area contributed by atoms with Gasteiger partial charge >= 0.3 is 0 Å². The van der Waals surface area contributed by atoms with Crippen LogP contribution in [0.15, 0.2) is 77.6 Å².